The molecular weight excluding hydrogens is 112 g/mol. The van der Waals surface area contributed by atoms with Gasteiger partial charge in [-0.15, -0.1) is 0 Å². The van der Waals surface area contributed by atoms with Crippen LogP contribution in [0.25, 0.3) is 0 Å². The fraction of sp³-hybridized carbons (Fsp3) is 1.00. The lowest BCUT2D eigenvalue weighted by Crippen LogP contribution is -2.46. The zero-order valence-electron chi connectivity index (χ0n) is 6.02. The van der Waals surface area contributed by atoms with E-state index in [4.69, 9.17) is 4.74 Å². The van der Waals surface area contributed by atoms with Gasteiger partial charge in [-0.3, -0.25) is 0 Å². The molecule has 0 saturated heterocycles. The summed E-state index contributed by atoms with van der Waals surface area (Å²) < 4.78 is 5.22. The van der Waals surface area contributed by atoms with Crippen molar-refractivity contribution < 1.29 is 4.74 Å². The largest absolute Gasteiger partial charge is 0.381 e. The molecule has 0 radical (unpaired) electrons. The molecule has 2 aliphatic carbocycles. The third-order valence-electron chi connectivity index (χ3n) is 3.07. The smallest absolute Gasteiger partial charge is 0.0582 e. The van der Waals surface area contributed by atoms with Crippen molar-refractivity contribution in [3.63, 3.8) is 0 Å². The van der Waals surface area contributed by atoms with E-state index in [-0.39, 0.29) is 0 Å². The Morgan fingerprint density at radius 1 is 1.33 bits per heavy atom. The first-order valence-corrected chi connectivity index (χ1v) is 3.87. The van der Waals surface area contributed by atoms with Crippen LogP contribution in [0, 0.1) is 5.41 Å². The fourth-order valence-corrected chi connectivity index (χ4v) is 2.16. The molecule has 0 aliphatic heterocycles. The van der Waals surface area contributed by atoms with E-state index in [1.54, 1.807) is 0 Å². The minimum absolute atomic E-state index is 0.616. The Bertz CT molecular complexity index is 108. The van der Waals surface area contributed by atoms with E-state index in [2.05, 4.69) is 0 Å². The van der Waals surface area contributed by atoms with E-state index in [0.29, 0.717) is 6.10 Å². The quantitative estimate of drug-likeness (QED) is 0.522. The molecule has 0 aromatic heterocycles. The summed E-state index contributed by atoms with van der Waals surface area (Å²) in [5, 5.41) is 0. The molecule has 2 aliphatic rings. The molecule has 0 bridgehead atoms. The first kappa shape index (κ1) is 5.72. The van der Waals surface area contributed by atoms with Gasteiger partial charge in [-0.2, -0.15) is 0 Å². The van der Waals surface area contributed by atoms with Crippen LogP contribution < -0.4 is 0 Å². The summed E-state index contributed by atoms with van der Waals surface area (Å²) in [6.45, 7) is 0. The van der Waals surface area contributed by atoms with Crippen molar-refractivity contribution in [2.75, 3.05) is 7.11 Å². The highest BCUT2D eigenvalue weighted by molar-refractivity contribution is 4.99. The topological polar surface area (TPSA) is 9.23 Å². The molecule has 0 unspecified atom stereocenters. The minimum atomic E-state index is 0.616. The zero-order chi connectivity index (χ0) is 6.32. The monoisotopic (exact) mass is 126 g/mol. The Morgan fingerprint density at radius 2 is 2.00 bits per heavy atom. The van der Waals surface area contributed by atoms with E-state index in [0.717, 1.165) is 5.41 Å². The van der Waals surface area contributed by atoms with Crippen LogP contribution in [0.5, 0.6) is 0 Å². The van der Waals surface area contributed by atoms with Gasteiger partial charge in [0.1, 0.15) is 0 Å². The van der Waals surface area contributed by atoms with E-state index in [1.165, 1.54) is 32.1 Å². The summed E-state index contributed by atoms with van der Waals surface area (Å²) in [5.41, 5.74) is 0.792. The van der Waals surface area contributed by atoms with Crippen LogP contribution >= 0.6 is 0 Å². The molecule has 9 heavy (non-hydrogen) atoms. The van der Waals surface area contributed by atoms with E-state index >= 15 is 0 Å². The lowest BCUT2D eigenvalue weighted by molar-refractivity contribution is -0.100. The van der Waals surface area contributed by atoms with Crippen molar-refractivity contribution in [3.05, 3.63) is 0 Å². The Kier molecular flexibility index (Phi) is 1.10. The summed E-state index contributed by atoms with van der Waals surface area (Å²) in [7, 11) is 1.83. The molecule has 0 atom stereocenters. The molecule has 52 valence electrons. The Hall–Kier alpha value is -0.0400. The molecule has 1 spiro atoms. The zero-order valence-corrected chi connectivity index (χ0v) is 6.02. The Balaban J connectivity index is 1.82. The molecule has 0 aromatic rings. The van der Waals surface area contributed by atoms with Gasteiger partial charge in [-0.05, 0) is 31.1 Å². The number of hydrogen-bond acceptors (Lipinski definition) is 1. The van der Waals surface area contributed by atoms with Gasteiger partial charge < -0.3 is 4.74 Å². The van der Waals surface area contributed by atoms with Gasteiger partial charge in [-0.25, -0.2) is 0 Å². The highest BCUT2D eigenvalue weighted by Crippen LogP contribution is 2.56. The highest BCUT2D eigenvalue weighted by atomic mass is 16.5. The third kappa shape index (κ3) is 0.710. The second-order valence-electron chi connectivity index (χ2n) is 3.62. The van der Waals surface area contributed by atoms with Crippen molar-refractivity contribution >= 4 is 0 Å². The van der Waals surface area contributed by atoms with Gasteiger partial charge in [0.05, 0.1) is 6.10 Å². The van der Waals surface area contributed by atoms with Gasteiger partial charge in [-0.1, -0.05) is 6.42 Å². The van der Waals surface area contributed by atoms with Gasteiger partial charge >= 0.3 is 0 Å². The summed E-state index contributed by atoms with van der Waals surface area (Å²) in [6.07, 6.45) is 7.74. The van der Waals surface area contributed by atoms with Crippen molar-refractivity contribution in [1.29, 1.82) is 0 Å². The van der Waals surface area contributed by atoms with Crippen LogP contribution in [-0.2, 0) is 4.74 Å². The number of methoxy groups -OCH3 is 1. The summed E-state index contributed by atoms with van der Waals surface area (Å²) in [5.74, 6) is 0. The number of hydrogen-bond donors (Lipinski definition) is 0. The average molecular weight is 126 g/mol. The molecule has 2 saturated carbocycles. The Labute approximate surface area is 56.4 Å². The second kappa shape index (κ2) is 1.72. The van der Waals surface area contributed by atoms with Crippen LogP contribution in [0.1, 0.15) is 32.1 Å². The predicted molar refractivity (Wildman–Crippen MR) is 36.3 cm³/mol. The Morgan fingerprint density at radius 3 is 2.33 bits per heavy atom. The molecule has 0 heterocycles. The lowest BCUT2D eigenvalue weighted by Gasteiger charge is -2.53. The van der Waals surface area contributed by atoms with Crippen LogP contribution in [0.3, 0.4) is 0 Å². The van der Waals surface area contributed by atoms with Crippen molar-refractivity contribution in [2.45, 2.75) is 38.2 Å². The summed E-state index contributed by atoms with van der Waals surface area (Å²) in [4.78, 5) is 0. The predicted octanol–water partition coefficient (Wildman–Crippen LogP) is 1.97. The highest BCUT2D eigenvalue weighted by Gasteiger charge is 2.48. The molecule has 0 N–H and O–H groups in total. The van der Waals surface area contributed by atoms with Crippen LogP contribution in [0.15, 0.2) is 0 Å². The lowest BCUT2D eigenvalue weighted by atomic mass is 9.55. The van der Waals surface area contributed by atoms with E-state index in [1.807, 2.05) is 7.11 Å². The first-order chi connectivity index (χ1) is 4.35. The number of rotatable bonds is 1. The van der Waals surface area contributed by atoms with Gasteiger partial charge in [0.25, 0.3) is 0 Å². The van der Waals surface area contributed by atoms with Gasteiger partial charge in [0.2, 0.25) is 0 Å². The molecular formula is C8H14O. The van der Waals surface area contributed by atoms with Gasteiger partial charge in [0.15, 0.2) is 0 Å². The standard InChI is InChI=1S/C8H14O/c1-9-7-5-8(6-7)3-2-4-8/h7H,2-6H2,1H3. The van der Waals surface area contributed by atoms with E-state index in [9.17, 15) is 0 Å². The van der Waals surface area contributed by atoms with E-state index < -0.39 is 0 Å². The molecule has 0 aromatic carbocycles. The maximum absolute atomic E-state index is 5.22. The van der Waals surface area contributed by atoms with Crippen molar-refractivity contribution in [3.8, 4) is 0 Å². The maximum Gasteiger partial charge on any atom is 0.0582 e. The van der Waals surface area contributed by atoms with Crippen LogP contribution in [0.4, 0.5) is 0 Å². The van der Waals surface area contributed by atoms with Crippen molar-refractivity contribution in [1.82, 2.24) is 0 Å². The molecule has 2 rings (SSSR count). The molecule has 1 nitrogen and oxygen atoms in total. The van der Waals surface area contributed by atoms with Crippen LogP contribution in [-0.4, -0.2) is 13.2 Å². The molecule has 2 fully saturated rings. The summed E-state index contributed by atoms with van der Waals surface area (Å²) >= 11 is 0. The fourth-order valence-electron chi connectivity index (χ4n) is 2.16. The second-order valence-corrected chi connectivity index (χ2v) is 3.62. The van der Waals surface area contributed by atoms with Gasteiger partial charge in [0, 0.05) is 7.11 Å². The number of ether oxygens (including phenoxy) is 1. The molecule has 0 amide bonds. The normalized spacial score (nSPS) is 31.7. The molecule has 1 heteroatoms. The average Bonchev–Trinajstić information content (AvgIpc) is 1.59. The maximum atomic E-state index is 5.22. The first-order valence-electron chi connectivity index (χ1n) is 3.87. The SMILES string of the molecule is COC1CC2(CCC2)C1. The van der Waals surface area contributed by atoms with Crippen LogP contribution in [0.2, 0.25) is 0 Å². The van der Waals surface area contributed by atoms with Crippen molar-refractivity contribution in [2.24, 2.45) is 5.41 Å². The minimum Gasteiger partial charge on any atom is -0.381 e. The summed E-state index contributed by atoms with van der Waals surface area (Å²) in [6, 6.07) is 0. The third-order valence-corrected chi connectivity index (χ3v) is 3.07.